The molecule has 0 spiro atoms. The Labute approximate surface area is 206 Å². The van der Waals surface area contributed by atoms with Crippen LogP contribution in [0.2, 0.25) is 5.02 Å². The van der Waals surface area contributed by atoms with Gasteiger partial charge < -0.3 is 24.4 Å². The molecule has 4 aromatic heterocycles. The summed E-state index contributed by atoms with van der Waals surface area (Å²) >= 11 is 6.13. The predicted octanol–water partition coefficient (Wildman–Crippen LogP) is 3.42. The molecular formula is C24H24ClN7O3. The normalized spacial score (nSPS) is 14.8. The Morgan fingerprint density at radius 3 is 2.77 bits per heavy atom. The minimum Gasteiger partial charge on any atom is -0.479 e. The molecule has 0 amide bonds. The van der Waals surface area contributed by atoms with Gasteiger partial charge in [0.1, 0.15) is 17.0 Å². The first-order chi connectivity index (χ1) is 16.9. The molecule has 2 N–H and O–H groups in total. The minimum absolute atomic E-state index is 0.0396. The van der Waals surface area contributed by atoms with Gasteiger partial charge in [0, 0.05) is 42.5 Å². The maximum atomic E-state index is 13.5. The number of oxime groups is 1. The molecule has 4 heterocycles. The molecular weight excluding hydrogens is 470 g/mol. The van der Waals surface area contributed by atoms with Crippen LogP contribution in [0, 0.1) is 12.8 Å². The zero-order chi connectivity index (χ0) is 24.7. The van der Waals surface area contributed by atoms with Crippen LogP contribution in [0.25, 0.3) is 16.7 Å². The number of methoxy groups -OCH3 is 1. The molecule has 180 valence electrons. The number of ether oxygens (including phenoxy) is 1. The van der Waals surface area contributed by atoms with E-state index in [9.17, 15) is 4.79 Å². The maximum absolute atomic E-state index is 13.5. The number of hydrogen-bond acceptors (Lipinski definition) is 7. The molecule has 1 fully saturated rings. The highest BCUT2D eigenvalue weighted by Gasteiger charge is 2.40. The van der Waals surface area contributed by atoms with Crippen LogP contribution >= 0.6 is 11.6 Å². The monoisotopic (exact) mass is 493 g/mol. The van der Waals surface area contributed by atoms with E-state index in [1.54, 1.807) is 41.5 Å². The summed E-state index contributed by atoms with van der Waals surface area (Å²) in [6.45, 7) is 1.90. The molecule has 0 aliphatic heterocycles. The van der Waals surface area contributed by atoms with Crippen molar-refractivity contribution in [2.75, 3.05) is 7.11 Å². The number of carbonyl (C=O) groups excluding carboxylic acids is 1. The van der Waals surface area contributed by atoms with Gasteiger partial charge in [0.25, 0.3) is 0 Å². The quantitative estimate of drug-likeness (QED) is 0.173. The molecule has 1 unspecified atom stereocenters. The van der Waals surface area contributed by atoms with Gasteiger partial charge in [-0.15, -0.1) is 0 Å². The van der Waals surface area contributed by atoms with E-state index >= 15 is 0 Å². The van der Waals surface area contributed by atoms with E-state index in [0.29, 0.717) is 38.9 Å². The van der Waals surface area contributed by atoms with Gasteiger partial charge in [-0.2, -0.15) is 0 Å². The van der Waals surface area contributed by atoms with Crippen molar-refractivity contribution in [2.24, 2.45) is 23.9 Å². The molecule has 4 aromatic rings. The van der Waals surface area contributed by atoms with Crippen molar-refractivity contribution in [2.45, 2.75) is 25.9 Å². The summed E-state index contributed by atoms with van der Waals surface area (Å²) in [7, 11) is 3.35. The summed E-state index contributed by atoms with van der Waals surface area (Å²) in [5, 5.41) is 5.21. The number of Topliss-reactive ketones (excluding diaryl/α,β-unsaturated/α-hetero) is 1. The summed E-state index contributed by atoms with van der Waals surface area (Å²) in [6.07, 6.45) is 7.82. The first kappa shape index (κ1) is 22.9. The second-order valence-corrected chi connectivity index (χ2v) is 8.97. The van der Waals surface area contributed by atoms with Crippen molar-refractivity contribution < 1.29 is 14.4 Å². The molecule has 1 atom stereocenters. The second-order valence-electron chi connectivity index (χ2n) is 8.53. The topological polar surface area (TPSA) is 122 Å². The summed E-state index contributed by atoms with van der Waals surface area (Å²) in [6, 6.07) is 5.25. The third kappa shape index (κ3) is 4.44. The lowest BCUT2D eigenvalue weighted by Gasteiger charge is -2.14. The van der Waals surface area contributed by atoms with E-state index in [0.717, 1.165) is 18.5 Å². The van der Waals surface area contributed by atoms with Crippen LogP contribution in [-0.4, -0.2) is 48.9 Å². The molecule has 1 aliphatic carbocycles. The Bertz CT molecular complexity index is 1450. The van der Waals surface area contributed by atoms with Gasteiger partial charge in [-0.05, 0) is 38.0 Å². The smallest absolute Gasteiger partial charge is 0.238 e. The van der Waals surface area contributed by atoms with Gasteiger partial charge in [0.15, 0.2) is 11.9 Å². The zero-order valence-corrected chi connectivity index (χ0v) is 20.2. The highest BCUT2D eigenvalue weighted by atomic mass is 35.5. The fourth-order valence-corrected chi connectivity index (χ4v) is 4.13. The molecule has 11 heteroatoms. The van der Waals surface area contributed by atoms with Crippen LogP contribution in [0.15, 0.2) is 48.3 Å². The molecule has 10 nitrogen and oxygen atoms in total. The molecule has 1 aliphatic rings. The average molecular weight is 494 g/mol. The number of rotatable bonds is 8. The van der Waals surface area contributed by atoms with Gasteiger partial charge in [-0.25, -0.2) is 15.0 Å². The number of nitrogens with zero attached hydrogens (tertiary/aromatic N) is 6. The first-order valence-electron chi connectivity index (χ1n) is 11.1. The Morgan fingerprint density at radius 1 is 1.29 bits per heavy atom. The molecule has 0 radical (unpaired) electrons. The number of nitrogens with two attached hydrogens (primary N) is 1. The maximum Gasteiger partial charge on any atom is 0.238 e. The lowest BCUT2D eigenvalue weighted by atomic mass is 10.0. The Morgan fingerprint density at radius 2 is 2.09 bits per heavy atom. The third-order valence-electron chi connectivity index (χ3n) is 5.90. The van der Waals surface area contributed by atoms with Crippen LogP contribution < -0.4 is 10.5 Å². The Balaban J connectivity index is 1.41. The number of imidazole rings is 1. The van der Waals surface area contributed by atoms with Gasteiger partial charge in [-0.3, -0.25) is 4.79 Å². The highest BCUT2D eigenvalue weighted by Crippen LogP contribution is 2.37. The molecule has 0 bridgehead atoms. The van der Waals surface area contributed by atoms with E-state index in [-0.39, 0.29) is 17.5 Å². The van der Waals surface area contributed by atoms with Crippen LogP contribution in [0.3, 0.4) is 0 Å². The standard InChI is InChI=1S/C24H24ClN7O3/c1-13-10-32(12-28-13)19-7-6-18(29-24(19)34-3)22(26)30-35-21(14-4-5-14)20(33)17-11-31(2)23-16(17)8-15(25)9-27-23/h6-12,14,21H,4-5H2,1-3H3,(H2,26,30). The number of aryl methyl sites for hydroxylation is 2. The third-order valence-corrected chi connectivity index (χ3v) is 6.11. The van der Waals surface area contributed by atoms with Crippen LogP contribution in [0.4, 0.5) is 0 Å². The van der Waals surface area contributed by atoms with E-state index in [1.165, 1.54) is 7.11 Å². The highest BCUT2D eigenvalue weighted by molar-refractivity contribution is 6.31. The molecule has 5 rings (SSSR count). The first-order valence-corrected chi connectivity index (χ1v) is 11.4. The number of ketones is 1. The van der Waals surface area contributed by atoms with Gasteiger partial charge in [0.05, 0.1) is 24.2 Å². The fraction of sp³-hybridized carbons (Fsp3) is 0.292. The van der Waals surface area contributed by atoms with E-state index in [4.69, 9.17) is 26.9 Å². The van der Waals surface area contributed by atoms with Crippen molar-refractivity contribution >= 4 is 34.3 Å². The number of aromatic nitrogens is 5. The Hall–Kier alpha value is -3.92. The van der Waals surface area contributed by atoms with Crippen LogP contribution in [0.5, 0.6) is 5.88 Å². The number of amidine groups is 1. The number of fused-ring (bicyclic) bond motifs is 1. The number of hydrogen-bond donors (Lipinski definition) is 1. The van der Waals surface area contributed by atoms with Gasteiger partial charge in [-0.1, -0.05) is 16.8 Å². The van der Waals surface area contributed by atoms with Crippen molar-refractivity contribution in [3.63, 3.8) is 0 Å². The van der Waals surface area contributed by atoms with Crippen LogP contribution in [0.1, 0.15) is 34.6 Å². The summed E-state index contributed by atoms with van der Waals surface area (Å²) in [4.78, 5) is 32.2. The number of halogens is 1. The van der Waals surface area contributed by atoms with Crippen molar-refractivity contribution in [3.8, 4) is 11.6 Å². The predicted molar refractivity (Wildman–Crippen MR) is 131 cm³/mol. The van der Waals surface area contributed by atoms with Crippen molar-refractivity contribution in [1.29, 1.82) is 0 Å². The van der Waals surface area contributed by atoms with E-state index in [2.05, 4.69) is 20.1 Å². The van der Waals surface area contributed by atoms with Gasteiger partial charge >= 0.3 is 0 Å². The Kier molecular flexibility index (Phi) is 5.89. The minimum atomic E-state index is -0.770. The van der Waals surface area contributed by atoms with E-state index in [1.807, 2.05) is 24.7 Å². The molecule has 35 heavy (non-hydrogen) atoms. The van der Waals surface area contributed by atoms with Crippen LogP contribution in [-0.2, 0) is 11.9 Å². The zero-order valence-electron chi connectivity index (χ0n) is 19.5. The molecule has 0 aromatic carbocycles. The SMILES string of the molecule is COc1nc(C(N)=NOC(C(=O)c2cn(C)c3ncc(Cl)cc23)C2CC2)ccc1-n1cnc(C)c1. The second kappa shape index (κ2) is 9.03. The fourth-order valence-electron chi connectivity index (χ4n) is 3.97. The lowest BCUT2D eigenvalue weighted by Crippen LogP contribution is -2.27. The summed E-state index contributed by atoms with van der Waals surface area (Å²) in [5.41, 5.74) is 9.27. The summed E-state index contributed by atoms with van der Waals surface area (Å²) in [5.74, 6) is 0.275. The average Bonchev–Trinajstić information content (AvgIpc) is 3.52. The number of pyridine rings is 2. The van der Waals surface area contributed by atoms with E-state index < -0.39 is 6.10 Å². The van der Waals surface area contributed by atoms with Crippen molar-refractivity contribution in [1.82, 2.24) is 24.1 Å². The molecule has 0 saturated heterocycles. The van der Waals surface area contributed by atoms with Gasteiger partial charge in [0.2, 0.25) is 11.7 Å². The van der Waals surface area contributed by atoms with Crippen molar-refractivity contribution in [3.05, 3.63) is 65.1 Å². The molecule has 1 saturated carbocycles. The lowest BCUT2D eigenvalue weighted by molar-refractivity contribution is 0.0353. The number of carbonyl (C=O) groups is 1. The summed E-state index contributed by atoms with van der Waals surface area (Å²) < 4.78 is 9.04. The largest absolute Gasteiger partial charge is 0.479 e.